The second-order valence-corrected chi connectivity index (χ2v) is 10.1. The van der Waals surface area contributed by atoms with E-state index in [4.69, 9.17) is 13.0 Å². The number of pyridine rings is 1. The van der Waals surface area contributed by atoms with Gasteiger partial charge in [0.05, 0.1) is 0 Å². The molecule has 4 nitrogen and oxygen atoms in total. The molecule has 1 aromatic heterocycles. The maximum Gasteiger partial charge on any atom is 0.485 e. The lowest BCUT2D eigenvalue weighted by Gasteiger charge is -2.08. The van der Waals surface area contributed by atoms with Crippen molar-refractivity contribution in [2.24, 2.45) is 7.05 Å². The molecule has 0 N–H and O–H groups in total. The van der Waals surface area contributed by atoms with E-state index in [0.717, 1.165) is 0 Å². The molecular formula is C25H44F3NO3S. The Labute approximate surface area is 199 Å². The zero-order chi connectivity index (χ0) is 25.2. The van der Waals surface area contributed by atoms with Crippen LogP contribution < -0.4 is 4.57 Å². The molecule has 0 amide bonds. The van der Waals surface area contributed by atoms with Crippen LogP contribution in [0.4, 0.5) is 13.2 Å². The molecule has 0 spiro atoms. The van der Waals surface area contributed by atoms with Crippen LogP contribution in [0.15, 0.2) is 18.2 Å². The Morgan fingerprint density at radius 3 is 1.33 bits per heavy atom. The Bertz CT molecular complexity index is 686. The minimum absolute atomic E-state index is 1.25. The smallest absolute Gasteiger partial charge is 0.485 e. The molecule has 0 aromatic carbocycles. The van der Waals surface area contributed by atoms with Crippen LogP contribution in [0.5, 0.6) is 0 Å². The van der Waals surface area contributed by atoms with Crippen molar-refractivity contribution in [3.05, 3.63) is 29.6 Å². The van der Waals surface area contributed by atoms with Crippen molar-refractivity contribution in [2.75, 3.05) is 0 Å². The zero-order valence-electron chi connectivity index (χ0n) is 20.8. The van der Waals surface area contributed by atoms with E-state index < -0.39 is 15.6 Å². The molecule has 0 saturated heterocycles. The average molecular weight is 496 g/mol. The van der Waals surface area contributed by atoms with Crippen LogP contribution in [0, 0.1) is 0 Å². The SMILES string of the molecule is CCCCCCCCCc1cccc(CCCCCCCCC)[n+]1C.O=S(=O)([O-])C(F)(F)F. The molecule has 1 rings (SSSR count). The molecule has 33 heavy (non-hydrogen) atoms. The number of aryl methyl sites for hydroxylation is 2. The molecule has 0 fully saturated rings. The average Bonchev–Trinajstić information content (AvgIpc) is 2.73. The van der Waals surface area contributed by atoms with Gasteiger partial charge in [-0.3, -0.25) is 0 Å². The third-order valence-electron chi connectivity index (χ3n) is 5.80. The van der Waals surface area contributed by atoms with Gasteiger partial charge in [0, 0.05) is 25.0 Å². The van der Waals surface area contributed by atoms with Crippen molar-refractivity contribution in [1.29, 1.82) is 0 Å². The number of unbranched alkanes of at least 4 members (excludes halogenated alkanes) is 12. The van der Waals surface area contributed by atoms with E-state index in [1.807, 2.05) is 0 Å². The third-order valence-corrected chi connectivity index (χ3v) is 6.36. The van der Waals surface area contributed by atoms with Crippen LogP contribution >= 0.6 is 0 Å². The van der Waals surface area contributed by atoms with E-state index in [2.05, 4.69) is 43.7 Å². The van der Waals surface area contributed by atoms with Gasteiger partial charge in [-0.15, -0.1) is 0 Å². The number of alkyl halides is 3. The molecule has 0 aliphatic carbocycles. The van der Waals surface area contributed by atoms with E-state index in [9.17, 15) is 13.2 Å². The zero-order valence-corrected chi connectivity index (χ0v) is 21.6. The van der Waals surface area contributed by atoms with Crippen molar-refractivity contribution in [3.8, 4) is 0 Å². The van der Waals surface area contributed by atoms with Crippen molar-refractivity contribution in [3.63, 3.8) is 0 Å². The minimum atomic E-state index is -6.09. The number of hydrogen-bond donors (Lipinski definition) is 0. The van der Waals surface area contributed by atoms with Crippen LogP contribution in [-0.2, 0) is 30.0 Å². The fourth-order valence-electron chi connectivity index (χ4n) is 3.71. The fourth-order valence-corrected chi connectivity index (χ4v) is 3.71. The number of halogens is 3. The molecule has 8 heteroatoms. The van der Waals surface area contributed by atoms with Gasteiger partial charge in [0.25, 0.3) is 0 Å². The van der Waals surface area contributed by atoms with Gasteiger partial charge in [-0.25, -0.2) is 13.0 Å². The third kappa shape index (κ3) is 16.2. The first kappa shape index (κ1) is 31.9. The first-order valence-corrected chi connectivity index (χ1v) is 13.9. The number of hydrogen-bond acceptors (Lipinski definition) is 3. The largest absolute Gasteiger partial charge is 0.741 e. The summed E-state index contributed by atoms with van der Waals surface area (Å²) >= 11 is 0. The van der Waals surface area contributed by atoms with E-state index in [0.29, 0.717) is 0 Å². The first-order chi connectivity index (χ1) is 15.5. The van der Waals surface area contributed by atoms with E-state index in [1.165, 1.54) is 114 Å². The second-order valence-electron chi connectivity index (χ2n) is 8.71. The molecular weight excluding hydrogens is 451 g/mol. The summed E-state index contributed by atoms with van der Waals surface area (Å²) in [6.07, 6.45) is 22.0. The van der Waals surface area contributed by atoms with E-state index >= 15 is 0 Å². The monoisotopic (exact) mass is 495 g/mol. The summed E-state index contributed by atoms with van der Waals surface area (Å²) in [5.74, 6) is 0. The molecule has 0 saturated carbocycles. The van der Waals surface area contributed by atoms with Gasteiger partial charge in [-0.2, -0.15) is 13.2 Å². The number of rotatable bonds is 16. The van der Waals surface area contributed by atoms with Gasteiger partial charge in [0.15, 0.2) is 21.5 Å². The lowest BCUT2D eigenvalue weighted by Crippen LogP contribution is -2.38. The molecule has 0 aliphatic rings. The van der Waals surface area contributed by atoms with E-state index in [1.54, 1.807) is 0 Å². The Morgan fingerprint density at radius 2 is 1.03 bits per heavy atom. The van der Waals surface area contributed by atoms with Crippen molar-refractivity contribution < 1.29 is 30.7 Å². The normalized spacial score (nSPS) is 11.8. The van der Waals surface area contributed by atoms with Crippen LogP contribution in [0.1, 0.15) is 115 Å². The van der Waals surface area contributed by atoms with Gasteiger partial charge in [0.2, 0.25) is 0 Å². The molecule has 0 aliphatic heterocycles. The Hall–Kier alpha value is -1.15. The van der Waals surface area contributed by atoms with Gasteiger partial charge >= 0.3 is 5.51 Å². The Balaban J connectivity index is 0.00000109. The molecule has 1 aromatic rings. The predicted octanol–water partition coefficient (Wildman–Crippen LogP) is 7.15. The van der Waals surface area contributed by atoms with Gasteiger partial charge in [-0.05, 0) is 18.9 Å². The summed E-state index contributed by atoms with van der Waals surface area (Å²) in [6, 6.07) is 6.92. The highest BCUT2D eigenvalue weighted by atomic mass is 32.2. The molecule has 0 bridgehead atoms. The van der Waals surface area contributed by atoms with Gasteiger partial charge in [0.1, 0.15) is 7.05 Å². The highest BCUT2D eigenvalue weighted by Gasteiger charge is 2.36. The lowest BCUT2D eigenvalue weighted by molar-refractivity contribution is -0.686. The quantitative estimate of drug-likeness (QED) is 0.106. The number of nitrogens with zero attached hydrogens (tertiary/aromatic N) is 1. The Morgan fingerprint density at radius 1 is 0.727 bits per heavy atom. The highest BCUT2D eigenvalue weighted by molar-refractivity contribution is 7.86. The lowest BCUT2D eigenvalue weighted by atomic mass is 10.0. The minimum Gasteiger partial charge on any atom is -0.741 e. The molecule has 1 heterocycles. The maximum absolute atomic E-state index is 10.7. The summed E-state index contributed by atoms with van der Waals surface area (Å²) in [7, 11) is -3.82. The second kappa shape index (κ2) is 18.2. The van der Waals surface area contributed by atoms with Crippen LogP contribution in [-0.4, -0.2) is 18.5 Å². The van der Waals surface area contributed by atoms with E-state index in [-0.39, 0.29) is 0 Å². The summed E-state index contributed by atoms with van der Waals surface area (Å²) in [5, 5.41) is 0. The summed E-state index contributed by atoms with van der Waals surface area (Å²) < 4.78 is 61.4. The molecule has 0 atom stereocenters. The standard InChI is InChI=1S/C24H44N.CHF3O3S/c1-4-6-8-10-12-14-16-19-23-21-18-22-24(25(23)3)20-17-15-13-11-9-7-5-2;2-1(3,4)8(5,6)7/h18,21-22H,4-17,19-20H2,1-3H3;(H,5,6,7)/q+1;/p-1. The highest BCUT2D eigenvalue weighted by Crippen LogP contribution is 2.20. The summed E-state index contributed by atoms with van der Waals surface area (Å²) in [5.41, 5.74) is -2.60. The summed E-state index contributed by atoms with van der Waals surface area (Å²) in [4.78, 5) is 0. The fraction of sp³-hybridized carbons (Fsp3) is 0.800. The van der Waals surface area contributed by atoms with Crippen LogP contribution in [0.25, 0.3) is 0 Å². The van der Waals surface area contributed by atoms with Crippen LogP contribution in [0.3, 0.4) is 0 Å². The molecule has 194 valence electrons. The molecule has 0 unspecified atom stereocenters. The van der Waals surface area contributed by atoms with Crippen LogP contribution in [0.2, 0.25) is 0 Å². The summed E-state index contributed by atoms with van der Waals surface area (Å²) in [6.45, 7) is 4.58. The molecule has 0 radical (unpaired) electrons. The first-order valence-electron chi connectivity index (χ1n) is 12.5. The maximum atomic E-state index is 10.7. The van der Waals surface area contributed by atoms with Crippen molar-refractivity contribution >= 4 is 10.1 Å². The van der Waals surface area contributed by atoms with Gasteiger partial charge < -0.3 is 4.55 Å². The van der Waals surface area contributed by atoms with Crippen molar-refractivity contribution in [1.82, 2.24) is 0 Å². The topological polar surface area (TPSA) is 61.1 Å². The van der Waals surface area contributed by atoms with Gasteiger partial charge in [-0.1, -0.05) is 90.9 Å². The predicted molar refractivity (Wildman–Crippen MR) is 127 cm³/mol. The van der Waals surface area contributed by atoms with Crippen molar-refractivity contribution in [2.45, 2.75) is 122 Å². The Kier molecular flexibility index (Phi) is 17.6. The number of aromatic nitrogens is 1.